The van der Waals surface area contributed by atoms with Crippen LogP contribution in [-0.4, -0.2) is 30.8 Å². The lowest BCUT2D eigenvalue weighted by molar-refractivity contribution is 0.123. The molecular weight excluding hydrogens is 255 g/mol. The maximum absolute atomic E-state index is 14.1. The molecule has 0 bridgehead atoms. The monoisotopic (exact) mass is 280 g/mol. The first-order valence-corrected chi connectivity index (χ1v) is 7.50. The number of hydrogen-bond donors (Lipinski definition) is 2. The van der Waals surface area contributed by atoms with Crippen molar-refractivity contribution in [2.45, 2.75) is 39.3 Å². The molecule has 1 saturated heterocycles. The van der Waals surface area contributed by atoms with E-state index < -0.39 is 6.10 Å². The van der Waals surface area contributed by atoms with E-state index >= 15 is 0 Å². The molecule has 0 spiro atoms. The minimum atomic E-state index is -0.392. The van der Waals surface area contributed by atoms with Crippen LogP contribution in [0.1, 0.15) is 32.3 Å². The van der Waals surface area contributed by atoms with E-state index in [0.717, 1.165) is 18.8 Å². The van der Waals surface area contributed by atoms with Crippen molar-refractivity contribution >= 4 is 5.69 Å². The minimum Gasteiger partial charge on any atom is -0.392 e. The van der Waals surface area contributed by atoms with Gasteiger partial charge < -0.3 is 15.3 Å². The van der Waals surface area contributed by atoms with Gasteiger partial charge in [0.25, 0.3) is 0 Å². The average Bonchev–Trinajstić information content (AvgIpc) is 2.94. The second-order valence-electron chi connectivity index (χ2n) is 5.87. The Balaban J connectivity index is 2.02. The van der Waals surface area contributed by atoms with Gasteiger partial charge in [-0.25, -0.2) is 4.39 Å². The van der Waals surface area contributed by atoms with E-state index in [4.69, 9.17) is 0 Å². The normalized spacial score (nSPS) is 16.9. The van der Waals surface area contributed by atoms with Gasteiger partial charge in [0.15, 0.2) is 0 Å². The number of aliphatic hydroxyl groups excluding tert-OH is 1. The van der Waals surface area contributed by atoms with E-state index in [1.807, 2.05) is 19.9 Å². The molecule has 0 radical (unpaired) electrons. The van der Waals surface area contributed by atoms with Crippen LogP contribution in [0.5, 0.6) is 0 Å². The fourth-order valence-electron chi connectivity index (χ4n) is 2.56. The average molecular weight is 280 g/mol. The van der Waals surface area contributed by atoms with Gasteiger partial charge in [-0.15, -0.1) is 0 Å². The molecule has 1 aromatic carbocycles. The Morgan fingerprint density at radius 3 is 2.65 bits per heavy atom. The Morgan fingerprint density at radius 1 is 1.30 bits per heavy atom. The van der Waals surface area contributed by atoms with E-state index in [2.05, 4.69) is 10.2 Å². The standard InChI is InChI=1S/C16H25FN2O/c1-12(2)16(20)11-18-10-13-14(17)6-5-7-15(13)19-8-3-4-9-19/h5-7,12,16,18,20H,3-4,8-11H2,1-2H3. The van der Waals surface area contributed by atoms with Crippen molar-refractivity contribution in [1.29, 1.82) is 0 Å². The summed E-state index contributed by atoms with van der Waals surface area (Å²) in [6, 6.07) is 5.27. The van der Waals surface area contributed by atoms with Crippen molar-refractivity contribution in [3.8, 4) is 0 Å². The molecular formula is C16H25FN2O. The van der Waals surface area contributed by atoms with Gasteiger partial charge in [0.1, 0.15) is 5.82 Å². The molecule has 3 nitrogen and oxygen atoms in total. The lowest BCUT2D eigenvalue weighted by Crippen LogP contribution is -2.31. The third-order valence-corrected chi connectivity index (χ3v) is 3.97. The molecule has 1 fully saturated rings. The van der Waals surface area contributed by atoms with E-state index in [9.17, 15) is 9.50 Å². The zero-order valence-electron chi connectivity index (χ0n) is 12.4. The molecule has 2 rings (SSSR count). The molecule has 1 aromatic rings. The molecule has 4 heteroatoms. The fourth-order valence-corrected chi connectivity index (χ4v) is 2.56. The van der Waals surface area contributed by atoms with Gasteiger partial charge in [0.2, 0.25) is 0 Å². The molecule has 2 N–H and O–H groups in total. The maximum Gasteiger partial charge on any atom is 0.129 e. The summed E-state index contributed by atoms with van der Waals surface area (Å²) in [4.78, 5) is 2.25. The highest BCUT2D eigenvalue weighted by molar-refractivity contribution is 5.54. The third-order valence-electron chi connectivity index (χ3n) is 3.97. The van der Waals surface area contributed by atoms with Gasteiger partial charge in [-0.2, -0.15) is 0 Å². The second-order valence-corrected chi connectivity index (χ2v) is 5.87. The first-order chi connectivity index (χ1) is 9.59. The lowest BCUT2D eigenvalue weighted by Gasteiger charge is -2.22. The van der Waals surface area contributed by atoms with Crippen molar-refractivity contribution < 1.29 is 9.50 Å². The van der Waals surface area contributed by atoms with Gasteiger partial charge >= 0.3 is 0 Å². The number of halogens is 1. The van der Waals surface area contributed by atoms with Crippen molar-refractivity contribution in [2.75, 3.05) is 24.5 Å². The Kier molecular flexibility index (Phi) is 5.38. The molecule has 20 heavy (non-hydrogen) atoms. The van der Waals surface area contributed by atoms with Gasteiger partial charge in [-0.05, 0) is 30.9 Å². The van der Waals surface area contributed by atoms with Crippen molar-refractivity contribution in [2.24, 2.45) is 5.92 Å². The van der Waals surface area contributed by atoms with E-state index in [1.54, 1.807) is 6.07 Å². The highest BCUT2D eigenvalue weighted by atomic mass is 19.1. The number of aliphatic hydroxyl groups is 1. The highest BCUT2D eigenvalue weighted by Crippen LogP contribution is 2.26. The first-order valence-electron chi connectivity index (χ1n) is 7.50. The number of hydrogen-bond acceptors (Lipinski definition) is 3. The molecule has 1 heterocycles. The summed E-state index contributed by atoms with van der Waals surface area (Å²) in [5.41, 5.74) is 1.71. The van der Waals surface area contributed by atoms with Crippen molar-refractivity contribution in [3.05, 3.63) is 29.6 Å². The molecule has 0 saturated carbocycles. The first kappa shape index (κ1) is 15.3. The summed E-state index contributed by atoms with van der Waals surface area (Å²) < 4.78 is 14.1. The van der Waals surface area contributed by atoms with E-state index in [0.29, 0.717) is 18.7 Å². The van der Waals surface area contributed by atoms with Crippen molar-refractivity contribution in [3.63, 3.8) is 0 Å². The predicted octanol–water partition coefficient (Wildman–Crippen LogP) is 2.53. The Morgan fingerprint density at radius 2 is 2.00 bits per heavy atom. The van der Waals surface area contributed by atoms with Crippen LogP contribution in [0.3, 0.4) is 0 Å². The Bertz CT molecular complexity index is 430. The van der Waals surface area contributed by atoms with Gasteiger partial charge in [-0.1, -0.05) is 19.9 Å². The van der Waals surface area contributed by atoms with Crippen LogP contribution in [0.25, 0.3) is 0 Å². The molecule has 1 aliphatic heterocycles. The molecule has 0 amide bonds. The SMILES string of the molecule is CC(C)C(O)CNCc1c(F)cccc1N1CCCC1. The molecule has 0 aromatic heterocycles. The smallest absolute Gasteiger partial charge is 0.129 e. The van der Waals surface area contributed by atoms with Crippen LogP contribution >= 0.6 is 0 Å². The number of benzene rings is 1. The van der Waals surface area contributed by atoms with Crippen LogP contribution in [0, 0.1) is 11.7 Å². The summed E-state index contributed by atoms with van der Waals surface area (Å²) in [6.45, 7) is 6.92. The summed E-state index contributed by atoms with van der Waals surface area (Å²) in [5, 5.41) is 13.0. The summed E-state index contributed by atoms with van der Waals surface area (Å²) in [7, 11) is 0. The molecule has 112 valence electrons. The number of anilines is 1. The maximum atomic E-state index is 14.1. The van der Waals surface area contributed by atoms with Crippen LogP contribution in [-0.2, 0) is 6.54 Å². The van der Waals surface area contributed by atoms with Crippen LogP contribution in [0.15, 0.2) is 18.2 Å². The number of rotatable bonds is 6. The molecule has 0 aliphatic carbocycles. The topological polar surface area (TPSA) is 35.5 Å². The summed E-state index contributed by atoms with van der Waals surface area (Å²) in [5.74, 6) is 0.0436. The van der Waals surface area contributed by atoms with Gasteiger partial charge in [0, 0.05) is 37.4 Å². The van der Waals surface area contributed by atoms with E-state index in [-0.39, 0.29) is 11.7 Å². The van der Waals surface area contributed by atoms with E-state index in [1.165, 1.54) is 18.9 Å². The molecule has 1 unspecified atom stereocenters. The predicted molar refractivity (Wildman–Crippen MR) is 80.4 cm³/mol. The summed E-state index contributed by atoms with van der Waals surface area (Å²) >= 11 is 0. The lowest BCUT2D eigenvalue weighted by atomic mass is 10.1. The number of nitrogens with zero attached hydrogens (tertiary/aromatic N) is 1. The highest BCUT2D eigenvalue weighted by Gasteiger charge is 2.18. The Labute approximate surface area is 120 Å². The molecule has 1 aliphatic rings. The zero-order valence-corrected chi connectivity index (χ0v) is 12.4. The quantitative estimate of drug-likeness (QED) is 0.840. The number of nitrogens with one attached hydrogen (secondary N) is 1. The third kappa shape index (κ3) is 3.70. The van der Waals surface area contributed by atoms with Crippen LogP contribution < -0.4 is 10.2 Å². The van der Waals surface area contributed by atoms with Crippen molar-refractivity contribution in [1.82, 2.24) is 5.32 Å². The van der Waals surface area contributed by atoms with Crippen LogP contribution in [0.2, 0.25) is 0 Å². The summed E-state index contributed by atoms with van der Waals surface area (Å²) in [6.07, 6.45) is 1.96. The largest absolute Gasteiger partial charge is 0.392 e. The zero-order chi connectivity index (χ0) is 14.5. The fraction of sp³-hybridized carbons (Fsp3) is 0.625. The Hall–Kier alpha value is -1.13. The minimum absolute atomic E-state index is 0.166. The molecule has 1 atom stereocenters. The van der Waals surface area contributed by atoms with Gasteiger partial charge in [-0.3, -0.25) is 0 Å². The second kappa shape index (κ2) is 7.04. The van der Waals surface area contributed by atoms with Gasteiger partial charge in [0.05, 0.1) is 6.10 Å². The van der Waals surface area contributed by atoms with Crippen LogP contribution in [0.4, 0.5) is 10.1 Å².